The molecule has 1 N–H and O–H groups in total. The molecule has 0 fully saturated rings. The van der Waals surface area contributed by atoms with Crippen molar-refractivity contribution in [3.63, 3.8) is 0 Å². The van der Waals surface area contributed by atoms with Crippen molar-refractivity contribution in [2.24, 2.45) is 0 Å². The number of carboxylic acids is 1. The van der Waals surface area contributed by atoms with Gasteiger partial charge in [-0.3, -0.25) is 0 Å². The van der Waals surface area contributed by atoms with E-state index in [1.54, 1.807) is 0 Å². The van der Waals surface area contributed by atoms with Gasteiger partial charge in [-0.2, -0.15) is 0 Å². The summed E-state index contributed by atoms with van der Waals surface area (Å²) in [5, 5.41) is 9.18. The van der Waals surface area contributed by atoms with Crippen LogP contribution in [0.3, 0.4) is 0 Å². The van der Waals surface area contributed by atoms with Gasteiger partial charge in [-0.25, -0.2) is 9.78 Å². The molecule has 1 aromatic carbocycles. The second-order valence-corrected chi connectivity index (χ2v) is 4.56. The topological polar surface area (TPSA) is 50.2 Å². The van der Waals surface area contributed by atoms with E-state index >= 15 is 0 Å². The third-order valence-corrected chi connectivity index (χ3v) is 3.04. The maximum atomic E-state index is 11.0. The zero-order valence-electron chi connectivity index (χ0n) is 10.1. The Kier molecular flexibility index (Phi) is 3.34. The fourth-order valence-electron chi connectivity index (χ4n) is 1.67. The fraction of sp³-hybridized carbons (Fsp3) is 0.143. The minimum absolute atomic E-state index is 0.142. The number of aromatic carboxylic acids is 1. The Hall–Kier alpha value is -1.87. The summed E-state index contributed by atoms with van der Waals surface area (Å²) >= 11 is 5.84. The summed E-state index contributed by atoms with van der Waals surface area (Å²) in [5.74, 6) is -1.01. The van der Waals surface area contributed by atoms with Gasteiger partial charge in [0.05, 0.1) is 11.3 Å². The maximum Gasteiger partial charge on any atom is 0.335 e. The summed E-state index contributed by atoms with van der Waals surface area (Å²) in [4.78, 5) is 15.1. The molecular weight excluding hydrogens is 250 g/mol. The number of aromatic nitrogens is 1. The highest BCUT2D eigenvalue weighted by Gasteiger charge is 2.09. The van der Waals surface area contributed by atoms with Crippen LogP contribution in [0.5, 0.6) is 0 Å². The number of carbonyl (C=O) groups is 1. The Morgan fingerprint density at radius 3 is 2.50 bits per heavy atom. The molecule has 0 amide bonds. The first-order valence-corrected chi connectivity index (χ1v) is 5.83. The molecule has 0 bridgehead atoms. The molecule has 1 aromatic heterocycles. The number of benzene rings is 1. The van der Waals surface area contributed by atoms with Crippen molar-refractivity contribution in [1.29, 1.82) is 0 Å². The summed E-state index contributed by atoms with van der Waals surface area (Å²) in [6.07, 6.45) is 0. The highest BCUT2D eigenvalue weighted by Crippen LogP contribution is 2.23. The number of pyridine rings is 1. The molecule has 0 aliphatic rings. The molecule has 0 atom stereocenters. The molecule has 2 aromatic rings. The van der Waals surface area contributed by atoms with Crippen molar-refractivity contribution < 1.29 is 9.90 Å². The van der Waals surface area contributed by atoms with E-state index in [4.69, 9.17) is 16.7 Å². The van der Waals surface area contributed by atoms with Crippen LogP contribution < -0.4 is 0 Å². The largest absolute Gasteiger partial charge is 0.478 e. The van der Waals surface area contributed by atoms with Crippen LogP contribution in [0, 0.1) is 13.8 Å². The number of rotatable bonds is 2. The van der Waals surface area contributed by atoms with Gasteiger partial charge in [0, 0.05) is 5.56 Å². The molecule has 0 spiro atoms. The summed E-state index contributed by atoms with van der Waals surface area (Å²) in [5.41, 5.74) is 3.89. The molecule has 1 heterocycles. The maximum absolute atomic E-state index is 11.0. The fourth-order valence-corrected chi connectivity index (χ4v) is 1.88. The van der Waals surface area contributed by atoms with Gasteiger partial charge < -0.3 is 5.11 Å². The first-order valence-electron chi connectivity index (χ1n) is 5.46. The molecule has 0 saturated carbocycles. The molecule has 4 heteroatoms. The Morgan fingerprint density at radius 1 is 1.17 bits per heavy atom. The number of hydrogen-bond acceptors (Lipinski definition) is 2. The highest BCUT2D eigenvalue weighted by molar-refractivity contribution is 6.29. The van der Waals surface area contributed by atoms with Gasteiger partial charge >= 0.3 is 5.97 Å². The predicted molar refractivity (Wildman–Crippen MR) is 71.1 cm³/mol. The Bertz CT molecular complexity index is 623. The van der Waals surface area contributed by atoms with Crippen molar-refractivity contribution >= 4 is 17.6 Å². The molecule has 0 aliphatic heterocycles. The molecule has 92 valence electrons. The average Bonchev–Trinajstić information content (AvgIpc) is 2.31. The minimum Gasteiger partial charge on any atom is -0.478 e. The molecule has 0 aliphatic carbocycles. The van der Waals surface area contributed by atoms with Crippen molar-refractivity contribution in [3.05, 3.63) is 52.2 Å². The van der Waals surface area contributed by atoms with Crippen LogP contribution in [0.2, 0.25) is 5.15 Å². The number of halogens is 1. The van der Waals surface area contributed by atoms with Crippen LogP contribution in [0.25, 0.3) is 11.3 Å². The van der Waals surface area contributed by atoms with E-state index in [9.17, 15) is 4.79 Å². The molecule has 0 saturated heterocycles. The smallest absolute Gasteiger partial charge is 0.335 e. The van der Waals surface area contributed by atoms with Crippen LogP contribution in [-0.2, 0) is 0 Å². The third-order valence-electron chi connectivity index (χ3n) is 2.84. The zero-order chi connectivity index (χ0) is 13.3. The van der Waals surface area contributed by atoms with Crippen molar-refractivity contribution in [2.45, 2.75) is 13.8 Å². The van der Waals surface area contributed by atoms with Crippen LogP contribution in [0.15, 0.2) is 30.3 Å². The molecule has 0 unspecified atom stereocenters. The van der Waals surface area contributed by atoms with Gasteiger partial charge in [-0.15, -0.1) is 0 Å². The van der Waals surface area contributed by atoms with Gasteiger partial charge in [-0.1, -0.05) is 23.7 Å². The van der Waals surface area contributed by atoms with Crippen molar-refractivity contribution in [2.75, 3.05) is 0 Å². The highest BCUT2D eigenvalue weighted by atomic mass is 35.5. The first-order chi connectivity index (χ1) is 8.47. The molecule has 3 nitrogen and oxygen atoms in total. The van der Waals surface area contributed by atoms with E-state index in [1.807, 2.05) is 32.0 Å². The number of hydrogen-bond donors (Lipinski definition) is 1. The van der Waals surface area contributed by atoms with Crippen LogP contribution in [0.1, 0.15) is 21.5 Å². The van der Waals surface area contributed by atoms with E-state index in [0.717, 1.165) is 11.1 Å². The van der Waals surface area contributed by atoms with E-state index in [1.165, 1.54) is 17.7 Å². The lowest BCUT2D eigenvalue weighted by Gasteiger charge is -2.06. The van der Waals surface area contributed by atoms with E-state index in [0.29, 0.717) is 5.69 Å². The number of aryl methyl sites for hydroxylation is 2. The quantitative estimate of drug-likeness (QED) is 0.839. The normalized spacial score (nSPS) is 10.4. The van der Waals surface area contributed by atoms with Crippen molar-refractivity contribution in [3.8, 4) is 11.3 Å². The SMILES string of the molecule is Cc1ccc(-c2cc(C(=O)O)cc(Cl)n2)cc1C. The second-order valence-electron chi connectivity index (χ2n) is 4.17. The molecule has 18 heavy (non-hydrogen) atoms. The predicted octanol–water partition coefficient (Wildman–Crippen LogP) is 3.72. The Labute approximate surface area is 110 Å². The minimum atomic E-state index is -1.01. The van der Waals surface area contributed by atoms with Gasteiger partial charge in [-0.05, 0) is 43.2 Å². The van der Waals surface area contributed by atoms with E-state index < -0.39 is 5.97 Å². The van der Waals surface area contributed by atoms with Crippen LogP contribution in [0.4, 0.5) is 0 Å². The lowest BCUT2D eigenvalue weighted by Crippen LogP contribution is -1.98. The summed E-state index contributed by atoms with van der Waals surface area (Å²) in [6, 6.07) is 8.73. The van der Waals surface area contributed by atoms with Crippen molar-refractivity contribution in [1.82, 2.24) is 4.98 Å². The zero-order valence-corrected chi connectivity index (χ0v) is 10.8. The van der Waals surface area contributed by atoms with Gasteiger partial charge in [0.2, 0.25) is 0 Å². The lowest BCUT2D eigenvalue weighted by molar-refractivity contribution is 0.0697. The summed E-state index contributed by atoms with van der Waals surface area (Å²) in [7, 11) is 0. The lowest BCUT2D eigenvalue weighted by atomic mass is 10.0. The number of nitrogens with zero attached hydrogens (tertiary/aromatic N) is 1. The van der Waals surface area contributed by atoms with Gasteiger partial charge in [0.25, 0.3) is 0 Å². The first kappa shape index (κ1) is 12.6. The van der Waals surface area contributed by atoms with E-state index in [2.05, 4.69) is 4.98 Å². The van der Waals surface area contributed by atoms with Gasteiger partial charge in [0.15, 0.2) is 0 Å². The monoisotopic (exact) mass is 261 g/mol. The average molecular weight is 262 g/mol. The standard InChI is InChI=1S/C14H12ClNO2/c1-8-3-4-10(5-9(8)2)12-6-11(14(17)18)7-13(15)16-12/h3-7H,1-2H3,(H,17,18). The summed E-state index contributed by atoms with van der Waals surface area (Å²) in [6.45, 7) is 4.02. The second kappa shape index (κ2) is 4.78. The third kappa shape index (κ3) is 2.51. The van der Waals surface area contributed by atoms with Crippen LogP contribution >= 0.6 is 11.6 Å². The van der Waals surface area contributed by atoms with Gasteiger partial charge in [0.1, 0.15) is 5.15 Å². The summed E-state index contributed by atoms with van der Waals surface area (Å²) < 4.78 is 0. The Morgan fingerprint density at radius 2 is 1.89 bits per heavy atom. The number of carboxylic acid groups (broad SMARTS) is 1. The van der Waals surface area contributed by atoms with E-state index in [-0.39, 0.29) is 10.7 Å². The molecule has 0 radical (unpaired) electrons. The Balaban J connectivity index is 2.56. The van der Waals surface area contributed by atoms with Crippen LogP contribution in [-0.4, -0.2) is 16.1 Å². The molecule has 2 rings (SSSR count). The molecular formula is C14H12ClNO2.